The zero-order valence-electron chi connectivity index (χ0n) is 14.7. The second-order valence-electron chi connectivity index (χ2n) is 6.33. The number of non-ortho nitro benzene ring substituents is 1. The van der Waals surface area contributed by atoms with E-state index in [-0.39, 0.29) is 23.9 Å². The second kappa shape index (κ2) is 7.77. The molecule has 8 heteroatoms. The minimum atomic E-state index is -0.500. The number of nitro groups is 1. The van der Waals surface area contributed by atoms with Gasteiger partial charge in [0.2, 0.25) is 11.8 Å². The van der Waals surface area contributed by atoms with Gasteiger partial charge < -0.3 is 4.90 Å². The van der Waals surface area contributed by atoms with Gasteiger partial charge in [0, 0.05) is 36.3 Å². The third-order valence-electron chi connectivity index (χ3n) is 4.31. The number of aryl methyl sites for hydroxylation is 1. The highest BCUT2D eigenvalue weighted by Gasteiger charge is 2.35. The van der Waals surface area contributed by atoms with Crippen LogP contribution in [0.1, 0.15) is 17.5 Å². The maximum atomic E-state index is 12.3. The molecule has 1 atom stereocenters. The number of hydrazone groups is 1. The first kappa shape index (κ1) is 18.2. The van der Waals surface area contributed by atoms with Crippen molar-refractivity contribution in [2.75, 3.05) is 11.4 Å². The van der Waals surface area contributed by atoms with Gasteiger partial charge in [0.25, 0.3) is 5.69 Å². The van der Waals surface area contributed by atoms with Gasteiger partial charge in [0.05, 0.1) is 17.1 Å². The quantitative estimate of drug-likeness (QED) is 0.498. The van der Waals surface area contributed by atoms with Crippen LogP contribution < -0.4 is 10.3 Å². The standard InChI is InChI=1S/C19H18N4O4/c1-13-5-7-16(8-6-13)22-12-15(10-18(22)24)19(25)21-20-11-14-3-2-4-17(9-14)23(26)27/h2-9,11,15H,10,12H2,1H3,(H,21,25)/b20-11+/t15-/m0/s1. The number of hydrogen-bond donors (Lipinski definition) is 1. The molecular weight excluding hydrogens is 348 g/mol. The van der Waals surface area contributed by atoms with Gasteiger partial charge in [-0.1, -0.05) is 29.8 Å². The highest BCUT2D eigenvalue weighted by Crippen LogP contribution is 2.25. The second-order valence-corrected chi connectivity index (χ2v) is 6.33. The first-order valence-electron chi connectivity index (χ1n) is 8.38. The fourth-order valence-electron chi connectivity index (χ4n) is 2.84. The molecule has 1 N–H and O–H groups in total. The summed E-state index contributed by atoms with van der Waals surface area (Å²) in [5.74, 6) is -0.970. The Morgan fingerprint density at radius 3 is 2.74 bits per heavy atom. The van der Waals surface area contributed by atoms with Crippen LogP contribution in [0.3, 0.4) is 0 Å². The van der Waals surface area contributed by atoms with Crippen molar-refractivity contribution in [1.82, 2.24) is 5.43 Å². The van der Waals surface area contributed by atoms with E-state index >= 15 is 0 Å². The summed E-state index contributed by atoms with van der Waals surface area (Å²) in [6, 6.07) is 13.4. The van der Waals surface area contributed by atoms with Crippen LogP contribution in [-0.2, 0) is 9.59 Å². The van der Waals surface area contributed by atoms with E-state index in [1.807, 2.05) is 31.2 Å². The van der Waals surface area contributed by atoms with Gasteiger partial charge in [-0.3, -0.25) is 19.7 Å². The summed E-state index contributed by atoms with van der Waals surface area (Å²) in [5, 5.41) is 14.6. The number of anilines is 1. The maximum absolute atomic E-state index is 12.3. The van der Waals surface area contributed by atoms with Crippen molar-refractivity contribution in [1.29, 1.82) is 0 Å². The molecule has 1 aliphatic heterocycles. The molecule has 138 valence electrons. The molecule has 8 nitrogen and oxygen atoms in total. The number of nitrogens with zero attached hydrogens (tertiary/aromatic N) is 3. The molecule has 0 radical (unpaired) electrons. The van der Waals surface area contributed by atoms with Gasteiger partial charge in [-0.2, -0.15) is 5.10 Å². The topological polar surface area (TPSA) is 105 Å². The van der Waals surface area contributed by atoms with Gasteiger partial charge in [0.1, 0.15) is 0 Å². The van der Waals surface area contributed by atoms with Crippen LogP contribution in [0.5, 0.6) is 0 Å². The molecule has 1 fully saturated rings. The SMILES string of the molecule is Cc1ccc(N2C[C@@H](C(=O)N/N=C/c3cccc([N+](=O)[O-])c3)CC2=O)cc1. The highest BCUT2D eigenvalue weighted by molar-refractivity contribution is 6.00. The Hall–Kier alpha value is -3.55. The average molecular weight is 366 g/mol. The lowest BCUT2D eigenvalue weighted by Gasteiger charge is -2.16. The van der Waals surface area contributed by atoms with E-state index in [0.717, 1.165) is 11.3 Å². The van der Waals surface area contributed by atoms with E-state index in [1.165, 1.54) is 24.4 Å². The van der Waals surface area contributed by atoms with Crippen LogP contribution in [0.2, 0.25) is 0 Å². The van der Waals surface area contributed by atoms with Crippen LogP contribution in [0.15, 0.2) is 53.6 Å². The summed E-state index contributed by atoms with van der Waals surface area (Å²) in [5.41, 5.74) is 4.70. The average Bonchev–Trinajstić information content (AvgIpc) is 3.04. The zero-order chi connectivity index (χ0) is 19.4. The minimum absolute atomic E-state index is 0.0552. The van der Waals surface area contributed by atoms with Gasteiger partial charge in [-0.25, -0.2) is 5.43 Å². The summed E-state index contributed by atoms with van der Waals surface area (Å²) < 4.78 is 0. The Labute approximate surface area is 155 Å². The van der Waals surface area contributed by atoms with E-state index in [1.54, 1.807) is 11.0 Å². The van der Waals surface area contributed by atoms with Gasteiger partial charge in [-0.15, -0.1) is 0 Å². The van der Waals surface area contributed by atoms with Crippen molar-refractivity contribution in [3.8, 4) is 0 Å². The number of nitrogens with one attached hydrogen (secondary N) is 1. The lowest BCUT2D eigenvalue weighted by molar-refractivity contribution is -0.384. The molecule has 0 aromatic heterocycles. The predicted molar refractivity (Wildman–Crippen MR) is 100 cm³/mol. The molecule has 2 amide bonds. The summed E-state index contributed by atoms with van der Waals surface area (Å²) in [4.78, 5) is 36.3. The largest absolute Gasteiger partial charge is 0.312 e. The molecule has 0 unspecified atom stereocenters. The Bertz CT molecular complexity index is 908. The summed E-state index contributed by atoms with van der Waals surface area (Å²) in [6.45, 7) is 2.26. The van der Waals surface area contributed by atoms with Crippen LogP contribution in [0, 0.1) is 23.0 Å². The van der Waals surface area contributed by atoms with Crippen molar-refractivity contribution in [3.05, 3.63) is 69.8 Å². The number of rotatable bonds is 5. The molecule has 27 heavy (non-hydrogen) atoms. The molecule has 0 bridgehead atoms. The number of benzene rings is 2. The summed E-state index contributed by atoms with van der Waals surface area (Å²) >= 11 is 0. The Morgan fingerprint density at radius 1 is 1.30 bits per heavy atom. The highest BCUT2D eigenvalue weighted by atomic mass is 16.6. The van der Waals surface area contributed by atoms with Crippen molar-refractivity contribution in [2.24, 2.45) is 11.0 Å². The smallest absolute Gasteiger partial charge is 0.270 e. The van der Waals surface area contributed by atoms with Crippen LogP contribution in [-0.4, -0.2) is 29.5 Å². The first-order chi connectivity index (χ1) is 12.9. The van der Waals surface area contributed by atoms with Crippen LogP contribution in [0.4, 0.5) is 11.4 Å². The number of amides is 2. The maximum Gasteiger partial charge on any atom is 0.270 e. The molecule has 0 spiro atoms. The molecule has 0 aliphatic carbocycles. The Morgan fingerprint density at radius 2 is 2.04 bits per heavy atom. The fraction of sp³-hybridized carbons (Fsp3) is 0.211. The molecule has 1 heterocycles. The van der Waals surface area contributed by atoms with E-state index in [2.05, 4.69) is 10.5 Å². The molecule has 0 saturated carbocycles. The molecular formula is C19H18N4O4. The molecule has 2 aromatic carbocycles. The van der Waals surface area contributed by atoms with E-state index in [9.17, 15) is 19.7 Å². The third-order valence-corrected chi connectivity index (χ3v) is 4.31. The fourth-order valence-corrected chi connectivity index (χ4v) is 2.84. The lowest BCUT2D eigenvalue weighted by atomic mass is 10.1. The van der Waals surface area contributed by atoms with Crippen molar-refractivity contribution >= 4 is 29.4 Å². The van der Waals surface area contributed by atoms with Gasteiger partial charge in [-0.05, 0) is 19.1 Å². The van der Waals surface area contributed by atoms with E-state index in [0.29, 0.717) is 12.1 Å². The number of nitro benzene ring substituents is 1. The molecule has 2 aromatic rings. The summed E-state index contributed by atoms with van der Waals surface area (Å²) in [6.07, 6.45) is 1.45. The first-order valence-corrected chi connectivity index (χ1v) is 8.38. The van der Waals surface area contributed by atoms with Crippen LogP contribution in [0.25, 0.3) is 0 Å². The monoisotopic (exact) mass is 366 g/mol. The minimum Gasteiger partial charge on any atom is -0.312 e. The lowest BCUT2D eigenvalue weighted by Crippen LogP contribution is -2.30. The molecule has 1 saturated heterocycles. The summed E-state index contributed by atoms with van der Waals surface area (Å²) in [7, 11) is 0. The number of hydrogen-bond acceptors (Lipinski definition) is 5. The van der Waals surface area contributed by atoms with Gasteiger partial charge in [0.15, 0.2) is 0 Å². The third kappa shape index (κ3) is 4.35. The van der Waals surface area contributed by atoms with Crippen LogP contribution >= 0.6 is 0 Å². The number of carbonyl (C=O) groups excluding carboxylic acids is 2. The molecule has 3 rings (SSSR count). The Balaban J connectivity index is 1.60. The van der Waals surface area contributed by atoms with Gasteiger partial charge >= 0.3 is 0 Å². The number of carbonyl (C=O) groups is 2. The van der Waals surface area contributed by atoms with Crippen molar-refractivity contribution in [2.45, 2.75) is 13.3 Å². The van der Waals surface area contributed by atoms with Crippen molar-refractivity contribution in [3.63, 3.8) is 0 Å². The van der Waals surface area contributed by atoms with E-state index < -0.39 is 10.8 Å². The predicted octanol–water partition coefficient (Wildman–Crippen LogP) is 2.41. The Kier molecular flexibility index (Phi) is 5.25. The zero-order valence-corrected chi connectivity index (χ0v) is 14.7. The van der Waals surface area contributed by atoms with E-state index in [4.69, 9.17) is 0 Å². The normalized spacial score (nSPS) is 16.7. The molecule has 1 aliphatic rings. The van der Waals surface area contributed by atoms with Crippen molar-refractivity contribution < 1.29 is 14.5 Å².